The number of unbranched alkanes of at least 4 members (excludes halogenated alkanes) is 2. The van der Waals surface area contributed by atoms with Crippen LogP contribution in [0.2, 0.25) is 0 Å². The minimum absolute atomic E-state index is 0.571. The van der Waals surface area contributed by atoms with E-state index in [1.165, 1.54) is 142 Å². The van der Waals surface area contributed by atoms with E-state index >= 15 is 0 Å². The van der Waals surface area contributed by atoms with Crippen LogP contribution in [0.1, 0.15) is 129 Å². The lowest BCUT2D eigenvalue weighted by molar-refractivity contribution is 0.164. The predicted molar refractivity (Wildman–Crippen MR) is 139 cm³/mol. The Morgan fingerprint density at radius 1 is 0.710 bits per heavy atom. The van der Waals surface area contributed by atoms with Crippen molar-refractivity contribution in [2.24, 2.45) is 4.99 Å². The summed E-state index contributed by atoms with van der Waals surface area (Å²) >= 11 is 0. The summed E-state index contributed by atoms with van der Waals surface area (Å²) in [6.07, 6.45) is 27.4. The van der Waals surface area contributed by atoms with E-state index in [1.807, 2.05) is 0 Å². The molecule has 0 aromatic carbocycles. The van der Waals surface area contributed by atoms with Crippen molar-refractivity contribution in [1.82, 2.24) is 9.80 Å². The Kier molecular flexibility index (Phi) is 15.6. The first kappa shape index (κ1) is 26.8. The van der Waals surface area contributed by atoms with Crippen LogP contribution in [0, 0.1) is 0 Å². The van der Waals surface area contributed by atoms with Gasteiger partial charge in [-0.2, -0.15) is 0 Å². The van der Waals surface area contributed by atoms with Crippen LogP contribution in [-0.2, 0) is 0 Å². The average molecular weight is 434 g/mol. The summed E-state index contributed by atoms with van der Waals surface area (Å²) in [6.45, 7) is 10.7. The Bertz CT molecular complexity index is 416. The highest BCUT2D eigenvalue weighted by molar-refractivity contribution is 5.64. The van der Waals surface area contributed by atoms with Gasteiger partial charge in [0.1, 0.15) is 0 Å². The number of rotatable bonds is 8. The molecule has 2 rings (SSSR count). The summed E-state index contributed by atoms with van der Waals surface area (Å²) < 4.78 is 0. The number of hydrogen-bond donors (Lipinski definition) is 0. The van der Waals surface area contributed by atoms with E-state index in [0.717, 1.165) is 12.6 Å². The third-order valence-electron chi connectivity index (χ3n) is 7.61. The van der Waals surface area contributed by atoms with E-state index in [0.29, 0.717) is 6.04 Å². The lowest BCUT2D eigenvalue weighted by Crippen LogP contribution is -2.38. The van der Waals surface area contributed by atoms with Gasteiger partial charge in [0.15, 0.2) is 0 Å². The molecule has 3 heteroatoms. The first-order valence-electron chi connectivity index (χ1n) is 14.3. The van der Waals surface area contributed by atoms with Gasteiger partial charge in [0.25, 0.3) is 0 Å². The standard InChI is InChI=1S/C28H55N3/c1-3-5-22-31(23-6-4-2)28-20-15-16-24-30(25-17-21-29-26-28)27-18-13-11-9-7-8-10-12-14-19-27/h26-28H,3-25H2,1-2H3. The lowest BCUT2D eigenvalue weighted by Gasteiger charge is -2.32. The fourth-order valence-electron chi connectivity index (χ4n) is 5.55. The van der Waals surface area contributed by atoms with E-state index in [-0.39, 0.29) is 0 Å². The van der Waals surface area contributed by atoms with Gasteiger partial charge in [-0.15, -0.1) is 0 Å². The zero-order valence-corrected chi connectivity index (χ0v) is 21.3. The maximum Gasteiger partial charge on any atom is 0.0446 e. The molecule has 1 fully saturated rings. The van der Waals surface area contributed by atoms with Crippen molar-refractivity contribution in [1.29, 1.82) is 0 Å². The van der Waals surface area contributed by atoms with Crippen molar-refractivity contribution in [3.63, 3.8) is 0 Å². The molecular formula is C28H55N3. The Morgan fingerprint density at radius 3 is 1.87 bits per heavy atom. The second-order valence-electron chi connectivity index (χ2n) is 10.3. The Balaban J connectivity index is 1.90. The number of aliphatic imine (C=N–C) groups is 1. The van der Waals surface area contributed by atoms with E-state index in [2.05, 4.69) is 29.9 Å². The van der Waals surface area contributed by atoms with Crippen LogP contribution in [0.25, 0.3) is 0 Å². The predicted octanol–water partition coefficient (Wildman–Crippen LogP) is 7.49. The van der Waals surface area contributed by atoms with Crippen LogP contribution in [0.5, 0.6) is 0 Å². The van der Waals surface area contributed by atoms with Crippen LogP contribution in [0.15, 0.2) is 4.99 Å². The van der Waals surface area contributed by atoms with Crippen molar-refractivity contribution in [3.8, 4) is 0 Å². The third kappa shape index (κ3) is 11.9. The fraction of sp³-hybridized carbons (Fsp3) is 0.964. The second-order valence-corrected chi connectivity index (χ2v) is 10.3. The molecule has 0 N–H and O–H groups in total. The minimum Gasteiger partial charge on any atom is -0.300 e. The molecule has 1 heterocycles. The van der Waals surface area contributed by atoms with Gasteiger partial charge in [0, 0.05) is 31.4 Å². The van der Waals surface area contributed by atoms with Gasteiger partial charge < -0.3 is 4.90 Å². The normalized spacial score (nSPS) is 24.5. The third-order valence-corrected chi connectivity index (χ3v) is 7.61. The maximum atomic E-state index is 4.95. The molecule has 1 aliphatic carbocycles. The molecule has 0 bridgehead atoms. The molecule has 2 aliphatic rings. The highest BCUT2D eigenvalue weighted by Crippen LogP contribution is 2.22. The first-order chi connectivity index (χ1) is 15.3. The lowest BCUT2D eigenvalue weighted by atomic mass is 10.00. The van der Waals surface area contributed by atoms with Gasteiger partial charge >= 0.3 is 0 Å². The van der Waals surface area contributed by atoms with Gasteiger partial charge in [0.2, 0.25) is 0 Å². The van der Waals surface area contributed by atoms with Crippen molar-refractivity contribution in [2.45, 2.75) is 142 Å². The molecule has 0 spiro atoms. The highest BCUT2D eigenvalue weighted by atomic mass is 15.2. The molecule has 1 aliphatic heterocycles. The summed E-state index contributed by atoms with van der Waals surface area (Å²) in [4.78, 5) is 10.6. The van der Waals surface area contributed by atoms with E-state index in [4.69, 9.17) is 4.99 Å². The minimum atomic E-state index is 0.571. The van der Waals surface area contributed by atoms with E-state index in [1.54, 1.807) is 0 Å². The summed E-state index contributed by atoms with van der Waals surface area (Å²) in [5, 5.41) is 0. The van der Waals surface area contributed by atoms with E-state index < -0.39 is 0 Å². The van der Waals surface area contributed by atoms with Crippen LogP contribution >= 0.6 is 0 Å². The molecule has 1 atom stereocenters. The fourth-order valence-corrected chi connectivity index (χ4v) is 5.55. The molecule has 0 aromatic heterocycles. The zero-order valence-electron chi connectivity index (χ0n) is 21.3. The summed E-state index contributed by atoms with van der Waals surface area (Å²) in [5.74, 6) is 0. The van der Waals surface area contributed by atoms with Gasteiger partial charge in [-0.05, 0) is 64.6 Å². The molecule has 31 heavy (non-hydrogen) atoms. The van der Waals surface area contributed by atoms with Crippen molar-refractivity contribution in [2.75, 3.05) is 32.7 Å². The Labute approximate surface area is 195 Å². The van der Waals surface area contributed by atoms with Crippen LogP contribution in [0.3, 0.4) is 0 Å². The Hall–Kier alpha value is -0.410. The number of nitrogens with zero attached hydrogens (tertiary/aromatic N) is 3. The summed E-state index contributed by atoms with van der Waals surface area (Å²) in [7, 11) is 0. The molecule has 1 unspecified atom stereocenters. The zero-order chi connectivity index (χ0) is 22.0. The van der Waals surface area contributed by atoms with Crippen LogP contribution in [-0.4, -0.2) is 60.8 Å². The molecule has 3 nitrogen and oxygen atoms in total. The average Bonchev–Trinajstić information content (AvgIpc) is 2.88. The van der Waals surface area contributed by atoms with Crippen molar-refractivity contribution < 1.29 is 0 Å². The van der Waals surface area contributed by atoms with Crippen molar-refractivity contribution >= 4 is 6.21 Å². The first-order valence-corrected chi connectivity index (χ1v) is 14.3. The molecule has 0 amide bonds. The summed E-state index contributed by atoms with van der Waals surface area (Å²) in [6, 6.07) is 1.41. The van der Waals surface area contributed by atoms with Gasteiger partial charge in [0.05, 0.1) is 0 Å². The summed E-state index contributed by atoms with van der Waals surface area (Å²) in [5.41, 5.74) is 0. The molecule has 182 valence electrons. The van der Waals surface area contributed by atoms with Crippen molar-refractivity contribution in [3.05, 3.63) is 0 Å². The van der Waals surface area contributed by atoms with Crippen LogP contribution < -0.4 is 0 Å². The molecule has 0 radical (unpaired) electrons. The molecule has 0 saturated heterocycles. The SMILES string of the molecule is CCCCN(CCCC)C1C=NCCCN(C2CCCCCCCCCC2)CCCC1. The molecule has 1 saturated carbocycles. The Morgan fingerprint density at radius 2 is 1.26 bits per heavy atom. The van der Waals surface area contributed by atoms with Gasteiger partial charge in [-0.25, -0.2) is 0 Å². The van der Waals surface area contributed by atoms with E-state index in [9.17, 15) is 0 Å². The van der Waals surface area contributed by atoms with Crippen LogP contribution in [0.4, 0.5) is 0 Å². The molecule has 0 aromatic rings. The number of hydrogen-bond acceptors (Lipinski definition) is 3. The van der Waals surface area contributed by atoms with Gasteiger partial charge in [-0.3, -0.25) is 9.89 Å². The monoisotopic (exact) mass is 433 g/mol. The second kappa shape index (κ2) is 18.1. The maximum absolute atomic E-state index is 4.95. The molecular weight excluding hydrogens is 378 g/mol. The topological polar surface area (TPSA) is 18.8 Å². The largest absolute Gasteiger partial charge is 0.300 e. The smallest absolute Gasteiger partial charge is 0.0446 e. The quantitative estimate of drug-likeness (QED) is 0.395. The van der Waals surface area contributed by atoms with Gasteiger partial charge in [-0.1, -0.05) is 84.5 Å². The highest BCUT2D eigenvalue weighted by Gasteiger charge is 2.20.